The average molecular weight is 151 g/mol. The molecule has 0 saturated heterocycles. The first kappa shape index (κ1) is 10.2. The van der Waals surface area contributed by atoms with Gasteiger partial charge in [0, 0.05) is 11.9 Å². The monoisotopic (exact) mass is 151 g/mol. The fraction of sp³-hybridized carbons (Fsp3) is 0.500. The maximum atomic E-state index is 4.22. The Labute approximate surface area is 69.5 Å². The summed E-state index contributed by atoms with van der Waals surface area (Å²) in [5, 5.41) is 0. The third-order valence-electron chi connectivity index (χ3n) is 1.22. The topological polar surface area (TPSA) is 12.4 Å². The van der Waals surface area contributed by atoms with Gasteiger partial charge in [-0.2, -0.15) is 0 Å². The van der Waals surface area contributed by atoms with E-state index in [4.69, 9.17) is 0 Å². The molecule has 0 atom stereocenters. The molecule has 0 aromatic heterocycles. The van der Waals surface area contributed by atoms with E-state index >= 15 is 0 Å². The van der Waals surface area contributed by atoms with E-state index in [9.17, 15) is 0 Å². The van der Waals surface area contributed by atoms with E-state index in [0.29, 0.717) is 5.92 Å². The Morgan fingerprint density at radius 2 is 2.18 bits per heavy atom. The number of allylic oxidation sites excluding steroid dienone is 2. The molecular formula is C10H17N. The molecular weight excluding hydrogens is 134 g/mol. The second kappa shape index (κ2) is 5.90. The van der Waals surface area contributed by atoms with Crippen LogP contribution < -0.4 is 0 Å². The molecule has 0 bridgehead atoms. The van der Waals surface area contributed by atoms with Crippen molar-refractivity contribution >= 4 is 5.71 Å². The lowest BCUT2D eigenvalue weighted by Crippen LogP contribution is -1.96. The number of hydrogen-bond donors (Lipinski definition) is 0. The summed E-state index contributed by atoms with van der Waals surface area (Å²) in [7, 11) is 0. The van der Waals surface area contributed by atoms with Crippen LogP contribution in [0.15, 0.2) is 29.9 Å². The largest absolute Gasteiger partial charge is 0.266 e. The molecule has 0 radical (unpaired) electrons. The van der Waals surface area contributed by atoms with Crippen LogP contribution in [0.2, 0.25) is 0 Å². The van der Waals surface area contributed by atoms with Gasteiger partial charge in [0.25, 0.3) is 0 Å². The summed E-state index contributed by atoms with van der Waals surface area (Å²) in [6, 6.07) is 0. The number of aliphatic imine (C=N–C) groups is 1. The van der Waals surface area contributed by atoms with Crippen molar-refractivity contribution in [1.82, 2.24) is 0 Å². The second-order valence-electron chi connectivity index (χ2n) is 3.04. The maximum absolute atomic E-state index is 4.22. The van der Waals surface area contributed by atoms with E-state index in [1.165, 1.54) is 5.71 Å². The summed E-state index contributed by atoms with van der Waals surface area (Å²) in [5.74, 6) is 0.691. The van der Waals surface area contributed by atoms with Gasteiger partial charge in [-0.15, -0.1) is 0 Å². The molecule has 0 unspecified atom stereocenters. The molecule has 0 N–H and O–H groups in total. The molecule has 0 heterocycles. The van der Waals surface area contributed by atoms with Crippen LogP contribution in [0.5, 0.6) is 0 Å². The van der Waals surface area contributed by atoms with Crippen molar-refractivity contribution in [3.8, 4) is 0 Å². The van der Waals surface area contributed by atoms with Gasteiger partial charge in [-0.3, -0.25) is 4.99 Å². The molecule has 0 aliphatic rings. The van der Waals surface area contributed by atoms with Gasteiger partial charge < -0.3 is 0 Å². The van der Waals surface area contributed by atoms with Gasteiger partial charge in [0.15, 0.2) is 0 Å². The van der Waals surface area contributed by atoms with Crippen LogP contribution in [0.4, 0.5) is 0 Å². The minimum atomic E-state index is 0.691. The molecule has 0 saturated carbocycles. The lowest BCUT2D eigenvalue weighted by Gasteiger charge is -2.01. The van der Waals surface area contributed by atoms with E-state index in [0.717, 1.165) is 6.42 Å². The minimum Gasteiger partial charge on any atom is -0.266 e. The molecule has 1 nitrogen and oxygen atoms in total. The summed E-state index contributed by atoms with van der Waals surface area (Å²) in [4.78, 5) is 4.22. The summed E-state index contributed by atoms with van der Waals surface area (Å²) in [5.41, 5.74) is 1.18. The van der Waals surface area contributed by atoms with Crippen molar-refractivity contribution in [3.63, 3.8) is 0 Å². The Kier molecular flexibility index (Phi) is 5.44. The van der Waals surface area contributed by atoms with Crippen molar-refractivity contribution in [1.29, 1.82) is 0 Å². The molecule has 11 heavy (non-hydrogen) atoms. The zero-order chi connectivity index (χ0) is 8.69. The SMILES string of the molecule is C=C/C=C\N=C(C)CC(C)C. The second-order valence-corrected chi connectivity index (χ2v) is 3.04. The van der Waals surface area contributed by atoms with Crippen LogP contribution >= 0.6 is 0 Å². The highest BCUT2D eigenvalue weighted by molar-refractivity contribution is 5.82. The zero-order valence-electron chi connectivity index (χ0n) is 7.67. The summed E-state index contributed by atoms with van der Waals surface area (Å²) < 4.78 is 0. The number of nitrogens with zero attached hydrogens (tertiary/aromatic N) is 1. The van der Waals surface area contributed by atoms with E-state index < -0.39 is 0 Å². The highest BCUT2D eigenvalue weighted by atomic mass is 14.7. The fourth-order valence-electron chi connectivity index (χ4n) is 0.875. The highest BCUT2D eigenvalue weighted by Crippen LogP contribution is 2.01. The Morgan fingerprint density at radius 3 is 2.64 bits per heavy atom. The molecule has 62 valence electrons. The summed E-state index contributed by atoms with van der Waals surface area (Å²) >= 11 is 0. The molecule has 0 aliphatic carbocycles. The lowest BCUT2D eigenvalue weighted by atomic mass is 10.1. The van der Waals surface area contributed by atoms with E-state index in [1.54, 1.807) is 12.3 Å². The van der Waals surface area contributed by atoms with Crippen LogP contribution in [-0.2, 0) is 0 Å². The van der Waals surface area contributed by atoms with Gasteiger partial charge in [-0.05, 0) is 25.3 Å². The normalized spacial score (nSPS) is 12.9. The third kappa shape index (κ3) is 7.04. The molecule has 0 rings (SSSR count). The maximum Gasteiger partial charge on any atom is 0.0266 e. The highest BCUT2D eigenvalue weighted by Gasteiger charge is 1.94. The van der Waals surface area contributed by atoms with Gasteiger partial charge >= 0.3 is 0 Å². The average Bonchev–Trinajstić information content (AvgIpc) is 1.86. The van der Waals surface area contributed by atoms with Crippen molar-refractivity contribution in [2.75, 3.05) is 0 Å². The molecule has 1 heteroatoms. The Hall–Kier alpha value is -0.850. The van der Waals surface area contributed by atoms with E-state index in [1.807, 2.05) is 13.0 Å². The quantitative estimate of drug-likeness (QED) is 0.432. The number of hydrogen-bond acceptors (Lipinski definition) is 1. The predicted molar refractivity (Wildman–Crippen MR) is 51.9 cm³/mol. The van der Waals surface area contributed by atoms with Crippen LogP contribution in [0.1, 0.15) is 27.2 Å². The van der Waals surface area contributed by atoms with Gasteiger partial charge in [-0.25, -0.2) is 0 Å². The first-order valence-corrected chi connectivity index (χ1v) is 3.97. The number of rotatable bonds is 4. The first-order valence-electron chi connectivity index (χ1n) is 3.97. The minimum absolute atomic E-state index is 0.691. The summed E-state index contributed by atoms with van der Waals surface area (Å²) in [6.07, 6.45) is 6.42. The predicted octanol–water partition coefficient (Wildman–Crippen LogP) is 3.19. The Bertz CT molecular complexity index is 164. The molecule has 0 aliphatic heterocycles. The zero-order valence-corrected chi connectivity index (χ0v) is 7.67. The molecule has 0 amide bonds. The molecule has 0 aromatic carbocycles. The molecule has 0 aromatic rings. The van der Waals surface area contributed by atoms with Crippen LogP contribution in [0.3, 0.4) is 0 Å². The fourth-order valence-corrected chi connectivity index (χ4v) is 0.875. The van der Waals surface area contributed by atoms with Gasteiger partial charge in [0.2, 0.25) is 0 Å². The molecule has 0 fully saturated rings. The van der Waals surface area contributed by atoms with E-state index in [2.05, 4.69) is 25.4 Å². The van der Waals surface area contributed by atoms with Crippen molar-refractivity contribution < 1.29 is 0 Å². The van der Waals surface area contributed by atoms with Gasteiger partial charge in [0.1, 0.15) is 0 Å². The summed E-state index contributed by atoms with van der Waals surface area (Å²) in [6.45, 7) is 9.99. The third-order valence-corrected chi connectivity index (χ3v) is 1.22. The van der Waals surface area contributed by atoms with Crippen molar-refractivity contribution in [2.24, 2.45) is 10.9 Å². The Balaban J connectivity index is 3.80. The van der Waals surface area contributed by atoms with E-state index in [-0.39, 0.29) is 0 Å². The van der Waals surface area contributed by atoms with Gasteiger partial charge in [0.05, 0.1) is 0 Å². The standard InChI is InChI=1S/C10H17N/c1-5-6-7-11-10(4)8-9(2)3/h5-7,9H,1,8H2,2-4H3/b7-6-,11-10?. The van der Waals surface area contributed by atoms with Gasteiger partial charge in [-0.1, -0.05) is 26.5 Å². The first-order chi connectivity index (χ1) is 5.16. The van der Waals surface area contributed by atoms with Crippen molar-refractivity contribution in [3.05, 3.63) is 24.9 Å². The Morgan fingerprint density at radius 1 is 1.55 bits per heavy atom. The van der Waals surface area contributed by atoms with Crippen molar-refractivity contribution in [2.45, 2.75) is 27.2 Å². The van der Waals surface area contributed by atoms with Crippen LogP contribution in [-0.4, -0.2) is 5.71 Å². The van der Waals surface area contributed by atoms with Crippen LogP contribution in [0.25, 0.3) is 0 Å². The molecule has 0 spiro atoms. The van der Waals surface area contributed by atoms with Crippen LogP contribution in [0, 0.1) is 5.92 Å². The lowest BCUT2D eigenvalue weighted by molar-refractivity contribution is 0.682. The smallest absolute Gasteiger partial charge is 0.0266 e.